The monoisotopic (exact) mass is 366 g/mol. The molecule has 0 fully saturated rings. The highest BCUT2D eigenvalue weighted by Crippen LogP contribution is 2.16. The van der Waals surface area contributed by atoms with Gasteiger partial charge in [-0.05, 0) is 37.5 Å². The zero-order chi connectivity index (χ0) is 19.4. The second-order valence-electron chi connectivity index (χ2n) is 7.23. The first-order valence-corrected chi connectivity index (χ1v) is 9.16. The van der Waals surface area contributed by atoms with Crippen LogP contribution in [0.5, 0.6) is 0 Å². The second kappa shape index (κ2) is 8.16. The number of aromatic nitrogens is 5. The number of aryl methyl sites for hydroxylation is 1. The van der Waals surface area contributed by atoms with Crippen LogP contribution in [0, 0.1) is 19.8 Å². The number of nitrogens with zero attached hydrogens (tertiary/aromatic N) is 5. The molecule has 0 bridgehead atoms. The molecule has 0 aromatic carbocycles. The lowest BCUT2D eigenvalue weighted by molar-refractivity contribution is -0.115. The summed E-state index contributed by atoms with van der Waals surface area (Å²) in [5, 5.41) is 11.8. The standard InChI is InChI=1S/C20H26N6O/c1-14(2)11-26-16(4)19(15(3)24-26)9-20(27)23-18-10-22-25(13-18)12-17-5-7-21-8-6-17/h5-8,10,13-14H,9,11-12H2,1-4H3,(H,23,27). The lowest BCUT2D eigenvalue weighted by Crippen LogP contribution is -2.15. The number of anilines is 1. The van der Waals surface area contributed by atoms with Crippen molar-refractivity contribution in [2.45, 2.75) is 47.2 Å². The highest BCUT2D eigenvalue weighted by atomic mass is 16.1. The fraction of sp³-hybridized carbons (Fsp3) is 0.400. The molecule has 27 heavy (non-hydrogen) atoms. The van der Waals surface area contributed by atoms with Crippen LogP contribution in [0.1, 0.15) is 36.4 Å². The van der Waals surface area contributed by atoms with Crippen LogP contribution in [0.4, 0.5) is 5.69 Å². The minimum absolute atomic E-state index is 0.0613. The Morgan fingerprint density at radius 3 is 2.67 bits per heavy atom. The Balaban J connectivity index is 1.62. The van der Waals surface area contributed by atoms with Crippen molar-refractivity contribution < 1.29 is 4.79 Å². The molecule has 0 atom stereocenters. The molecule has 142 valence electrons. The Morgan fingerprint density at radius 1 is 1.22 bits per heavy atom. The third-order valence-electron chi connectivity index (χ3n) is 4.42. The Labute approximate surface area is 159 Å². The van der Waals surface area contributed by atoms with Crippen LogP contribution in [0.2, 0.25) is 0 Å². The van der Waals surface area contributed by atoms with Gasteiger partial charge < -0.3 is 5.32 Å². The molecule has 0 aliphatic heterocycles. The number of carbonyl (C=O) groups excluding carboxylic acids is 1. The summed E-state index contributed by atoms with van der Waals surface area (Å²) >= 11 is 0. The van der Waals surface area contributed by atoms with E-state index in [1.807, 2.05) is 36.9 Å². The molecular formula is C20H26N6O. The van der Waals surface area contributed by atoms with Gasteiger partial charge >= 0.3 is 0 Å². The van der Waals surface area contributed by atoms with Crippen LogP contribution >= 0.6 is 0 Å². The van der Waals surface area contributed by atoms with Gasteiger partial charge in [0.25, 0.3) is 0 Å². The summed E-state index contributed by atoms with van der Waals surface area (Å²) in [6, 6.07) is 3.89. The van der Waals surface area contributed by atoms with E-state index >= 15 is 0 Å². The Morgan fingerprint density at radius 2 is 1.96 bits per heavy atom. The summed E-state index contributed by atoms with van der Waals surface area (Å²) in [6.07, 6.45) is 7.32. The van der Waals surface area contributed by atoms with Gasteiger partial charge in [-0.25, -0.2) is 0 Å². The molecule has 0 spiro atoms. The predicted molar refractivity (Wildman–Crippen MR) is 104 cm³/mol. The fourth-order valence-corrected chi connectivity index (χ4v) is 3.07. The minimum Gasteiger partial charge on any atom is -0.323 e. The molecule has 0 saturated carbocycles. The summed E-state index contributed by atoms with van der Waals surface area (Å²) in [6.45, 7) is 9.80. The average molecular weight is 366 g/mol. The van der Waals surface area contributed by atoms with E-state index in [9.17, 15) is 4.79 Å². The van der Waals surface area contributed by atoms with Crippen molar-refractivity contribution in [1.82, 2.24) is 24.5 Å². The third-order valence-corrected chi connectivity index (χ3v) is 4.42. The van der Waals surface area contributed by atoms with Gasteiger partial charge in [0.1, 0.15) is 0 Å². The largest absolute Gasteiger partial charge is 0.323 e. The number of carbonyl (C=O) groups is 1. The molecule has 3 aromatic rings. The number of hydrogen-bond acceptors (Lipinski definition) is 4. The van der Waals surface area contributed by atoms with Crippen molar-refractivity contribution in [3.8, 4) is 0 Å². The zero-order valence-corrected chi connectivity index (χ0v) is 16.3. The lowest BCUT2D eigenvalue weighted by Gasteiger charge is -2.08. The SMILES string of the molecule is Cc1nn(CC(C)C)c(C)c1CC(=O)Nc1cnn(Cc2ccncc2)c1. The van der Waals surface area contributed by atoms with E-state index in [4.69, 9.17) is 0 Å². The van der Waals surface area contributed by atoms with E-state index < -0.39 is 0 Å². The molecule has 7 heteroatoms. The molecule has 0 saturated heterocycles. The van der Waals surface area contributed by atoms with Crippen molar-refractivity contribution in [3.05, 3.63) is 59.4 Å². The first kappa shape index (κ1) is 18.8. The van der Waals surface area contributed by atoms with Crippen molar-refractivity contribution in [3.63, 3.8) is 0 Å². The van der Waals surface area contributed by atoms with Gasteiger partial charge in [0.05, 0.1) is 30.5 Å². The molecule has 7 nitrogen and oxygen atoms in total. The van der Waals surface area contributed by atoms with Gasteiger partial charge in [-0.15, -0.1) is 0 Å². The van der Waals surface area contributed by atoms with Crippen molar-refractivity contribution >= 4 is 11.6 Å². The maximum atomic E-state index is 12.5. The number of amides is 1. The van der Waals surface area contributed by atoms with Crippen LogP contribution < -0.4 is 5.32 Å². The van der Waals surface area contributed by atoms with E-state index in [2.05, 4.69) is 34.3 Å². The van der Waals surface area contributed by atoms with Crippen molar-refractivity contribution in [2.75, 3.05) is 5.32 Å². The van der Waals surface area contributed by atoms with Crippen LogP contribution in [0.3, 0.4) is 0 Å². The molecule has 3 heterocycles. The molecular weight excluding hydrogens is 340 g/mol. The number of pyridine rings is 1. The molecule has 0 aliphatic rings. The summed E-state index contributed by atoms with van der Waals surface area (Å²) in [5.74, 6) is 0.449. The summed E-state index contributed by atoms with van der Waals surface area (Å²) in [5.41, 5.74) is 4.77. The Hall–Kier alpha value is -2.96. The first-order valence-electron chi connectivity index (χ1n) is 9.16. The normalized spacial score (nSPS) is 11.1. The molecule has 0 radical (unpaired) electrons. The molecule has 1 amide bonds. The number of rotatable bonds is 7. The quantitative estimate of drug-likeness (QED) is 0.697. The number of hydrogen-bond donors (Lipinski definition) is 1. The molecule has 1 N–H and O–H groups in total. The van der Waals surface area contributed by atoms with Gasteiger partial charge in [-0.3, -0.25) is 19.1 Å². The summed E-state index contributed by atoms with van der Waals surface area (Å²) < 4.78 is 3.79. The second-order valence-corrected chi connectivity index (χ2v) is 7.23. The highest BCUT2D eigenvalue weighted by Gasteiger charge is 2.16. The van der Waals surface area contributed by atoms with Crippen molar-refractivity contribution in [2.24, 2.45) is 5.92 Å². The lowest BCUT2D eigenvalue weighted by atomic mass is 10.1. The smallest absolute Gasteiger partial charge is 0.229 e. The van der Waals surface area contributed by atoms with Gasteiger partial charge in [0.2, 0.25) is 5.91 Å². The first-order chi connectivity index (χ1) is 12.9. The number of nitrogens with one attached hydrogen (secondary N) is 1. The topological polar surface area (TPSA) is 77.6 Å². The van der Waals surface area contributed by atoms with Gasteiger partial charge in [-0.1, -0.05) is 13.8 Å². The van der Waals surface area contributed by atoms with Gasteiger partial charge in [0, 0.05) is 36.4 Å². The van der Waals surface area contributed by atoms with Crippen LogP contribution in [0.25, 0.3) is 0 Å². The van der Waals surface area contributed by atoms with Gasteiger partial charge in [-0.2, -0.15) is 10.2 Å². The van der Waals surface area contributed by atoms with E-state index in [0.717, 1.165) is 29.1 Å². The average Bonchev–Trinajstić information content (AvgIpc) is 3.15. The van der Waals surface area contributed by atoms with E-state index in [1.54, 1.807) is 23.3 Å². The molecule has 0 aliphatic carbocycles. The van der Waals surface area contributed by atoms with Crippen molar-refractivity contribution in [1.29, 1.82) is 0 Å². The molecule has 3 rings (SSSR count). The van der Waals surface area contributed by atoms with E-state index in [-0.39, 0.29) is 5.91 Å². The van der Waals surface area contributed by atoms with Crippen LogP contribution in [-0.4, -0.2) is 30.5 Å². The maximum Gasteiger partial charge on any atom is 0.229 e. The molecule has 0 unspecified atom stereocenters. The highest BCUT2D eigenvalue weighted by molar-refractivity contribution is 5.92. The minimum atomic E-state index is -0.0613. The van der Waals surface area contributed by atoms with Crippen LogP contribution in [0.15, 0.2) is 36.9 Å². The van der Waals surface area contributed by atoms with E-state index in [0.29, 0.717) is 24.6 Å². The van der Waals surface area contributed by atoms with E-state index in [1.165, 1.54) is 0 Å². The fourth-order valence-electron chi connectivity index (χ4n) is 3.07. The van der Waals surface area contributed by atoms with Gasteiger partial charge in [0.15, 0.2) is 0 Å². The summed E-state index contributed by atoms with van der Waals surface area (Å²) in [4.78, 5) is 16.5. The maximum absolute atomic E-state index is 12.5. The Bertz CT molecular complexity index is 910. The van der Waals surface area contributed by atoms with Crippen LogP contribution in [-0.2, 0) is 24.3 Å². The Kier molecular flexibility index (Phi) is 5.69. The zero-order valence-electron chi connectivity index (χ0n) is 16.3. The predicted octanol–water partition coefficient (Wildman–Crippen LogP) is 2.98. The molecule has 3 aromatic heterocycles. The third kappa shape index (κ3) is 4.81. The summed E-state index contributed by atoms with van der Waals surface area (Å²) in [7, 11) is 0.